The summed E-state index contributed by atoms with van der Waals surface area (Å²) in [5.41, 5.74) is -0.512. The summed E-state index contributed by atoms with van der Waals surface area (Å²) < 4.78 is 17.0. The Hall–Kier alpha value is -2.18. The Morgan fingerprint density at radius 1 is 1.06 bits per heavy atom. The van der Waals surface area contributed by atoms with Crippen LogP contribution in [0.2, 0.25) is 0 Å². The van der Waals surface area contributed by atoms with Gasteiger partial charge in [-0.2, -0.15) is 0 Å². The van der Waals surface area contributed by atoms with Gasteiger partial charge in [-0.3, -0.25) is 19.2 Å². The molecule has 0 radical (unpaired) electrons. The lowest BCUT2D eigenvalue weighted by Crippen LogP contribution is -2.62. The number of carbonyl (C=O) groups is 4. The summed E-state index contributed by atoms with van der Waals surface area (Å²) in [5, 5.41) is 0. The highest BCUT2D eigenvalue weighted by Crippen LogP contribution is 2.68. The lowest BCUT2D eigenvalue weighted by Gasteiger charge is -2.62. The number of hydrogen-bond donors (Lipinski definition) is 0. The SMILES string of the molecule is COC(=O)CC[C@@H](C)[C@H]1CC[C@H]2C3C(C[C@H](OC(C)=O)[C@]12C)[C@@]1(C)C=CC(=O)C[C@H]1C[C@H]3OC(C)=O. The van der Waals surface area contributed by atoms with Gasteiger partial charge in [0.05, 0.1) is 7.11 Å². The van der Waals surface area contributed by atoms with E-state index in [0.717, 1.165) is 19.3 Å². The molecule has 2 unspecified atom stereocenters. The number of fused-ring (bicyclic) bond motifs is 5. The van der Waals surface area contributed by atoms with E-state index in [2.05, 4.69) is 26.8 Å². The second-order valence-corrected chi connectivity index (χ2v) is 12.2. The van der Waals surface area contributed by atoms with E-state index in [9.17, 15) is 19.2 Å². The van der Waals surface area contributed by atoms with Gasteiger partial charge in [0, 0.05) is 38.0 Å². The first-order valence-corrected chi connectivity index (χ1v) is 13.5. The molecule has 7 heteroatoms. The predicted octanol–water partition coefficient (Wildman–Crippen LogP) is 4.66. The van der Waals surface area contributed by atoms with E-state index in [1.807, 2.05) is 0 Å². The fourth-order valence-electron chi connectivity index (χ4n) is 8.85. The maximum Gasteiger partial charge on any atom is 0.305 e. The Bertz CT molecular complexity index is 940. The summed E-state index contributed by atoms with van der Waals surface area (Å²) in [7, 11) is 1.41. The maximum atomic E-state index is 12.3. The van der Waals surface area contributed by atoms with Gasteiger partial charge in [0.25, 0.3) is 0 Å². The molecule has 0 bridgehead atoms. The van der Waals surface area contributed by atoms with Crippen LogP contribution in [0.3, 0.4) is 0 Å². The molecule has 36 heavy (non-hydrogen) atoms. The molecule has 200 valence electrons. The summed E-state index contributed by atoms with van der Waals surface area (Å²) >= 11 is 0. The zero-order valence-corrected chi connectivity index (χ0v) is 22.6. The molecule has 0 saturated heterocycles. The highest BCUT2D eigenvalue weighted by atomic mass is 16.5. The monoisotopic (exact) mass is 502 g/mol. The highest BCUT2D eigenvalue weighted by Gasteiger charge is 2.67. The Labute approximate surface area is 214 Å². The first kappa shape index (κ1) is 26.9. The van der Waals surface area contributed by atoms with Crippen LogP contribution >= 0.6 is 0 Å². The number of ketones is 1. The van der Waals surface area contributed by atoms with Crippen molar-refractivity contribution in [1.82, 2.24) is 0 Å². The van der Waals surface area contributed by atoms with E-state index in [1.165, 1.54) is 21.0 Å². The molecule has 0 aromatic rings. The van der Waals surface area contributed by atoms with Gasteiger partial charge >= 0.3 is 17.9 Å². The van der Waals surface area contributed by atoms with E-state index in [-0.39, 0.29) is 82.2 Å². The minimum Gasteiger partial charge on any atom is -0.469 e. The van der Waals surface area contributed by atoms with Crippen molar-refractivity contribution < 1.29 is 33.4 Å². The van der Waals surface area contributed by atoms with Crippen LogP contribution in [0.1, 0.15) is 79.6 Å². The van der Waals surface area contributed by atoms with Gasteiger partial charge in [0.15, 0.2) is 5.78 Å². The Kier molecular flexibility index (Phi) is 7.42. The number of rotatable bonds is 6. The molecule has 3 saturated carbocycles. The van der Waals surface area contributed by atoms with E-state index in [0.29, 0.717) is 25.7 Å². The van der Waals surface area contributed by atoms with Crippen molar-refractivity contribution >= 4 is 23.7 Å². The molecule has 4 rings (SSSR count). The van der Waals surface area contributed by atoms with Crippen molar-refractivity contribution in [2.24, 2.45) is 46.3 Å². The molecule has 4 aliphatic carbocycles. The summed E-state index contributed by atoms with van der Waals surface area (Å²) in [4.78, 5) is 48.7. The van der Waals surface area contributed by atoms with Gasteiger partial charge in [-0.1, -0.05) is 26.8 Å². The fourth-order valence-corrected chi connectivity index (χ4v) is 8.85. The second kappa shape index (κ2) is 9.94. The summed E-state index contributed by atoms with van der Waals surface area (Å²) in [6, 6.07) is 0. The number of methoxy groups -OCH3 is 1. The molecule has 0 amide bonds. The standard InChI is InChI=1S/C29H42O7/c1-16(7-10-26(33)34-6)21-8-9-22-27-23(15-25(29(21,22)5)36-18(3)31)28(4)12-11-20(32)13-19(28)14-24(27)35-17(2)30/h11-12,16,19,21-25,27H,7-10,13-15H2,1-6H3/t16-,19+,21-,22+,23?,24-,25+,27?,28+,29-/m1/s1. The summed E-state index contributed by atoms with van der Waals surface area (Å²) in [6.45, 7) is 9.62. The molecule has 3 fully saturated rings. The smallest absolute Gasteiger partial charge is 0.305 e. The van der Waals surface area contributed by atoms with Crippen LogP contribution in [0.5, 0.6) is 0 Å². The zero-order valence-electron chi connectivity index (χ0n) is 22.6. The van der Waals surface area contributed by atoms with Crippen molar-refractivity contribution in [3.05, 3.63) is 12.2 Å². The molecule has 0 heterocycles. The van der Waals surface area contributed by atoms with Gasteiger partial charge in [-0.15, -0.1) is 0 Å². The molecule has 0 aliphatic heterocycles. The minimum absolute atomic E-state index is 0.0964. The van der Waals surface area contributed by atoms with Crippen LogP contribution in [-0.4, -0.2) is 43.0 Å². The molecule has 0 aromatic carbocycles. The third-order valence-corrected chi connectivity index (χ3v) is 10.5. The van der Waals surface area contributed by atoms with Crippen molar-refractivity contribution in [3.63, 3.8) is 0 Å². The van der Waals surface area contributed by atoms with Gasteiger partial charge in [-0.05, 0) is 73.2 Å². The number of esters is 3. The van der Waals surface area contributed by atoms with Crippen molar-refractivity contribution in [2.75, 3.05) is 7.11 Å². The molecule has 0 N–H and O–H groups in total. The van der Waals surface area contributed by atoms with E-state index >= 15 is 0 Å². The molecular weight excluding hydrogens is 460 g/mol. The van der Waals surface area contributed by atoms with Crippen molar-refractivity contribution in [3.8, 4) is 0 Å². The third kappa shape index (κ3) is 4.51. The van der Waals surface area contributed by atoms with Crippen LogP contribution < -0.4 is 0 Å². The number of carbonyl (C=O) groups excluding carboxylic acids is 4. The molecule has 10 atom stereocenters. The van der Waals surface area contributed by atoms with Gasteiger partial charge in [0.1, 0.15) is 12.2 Å². The van der Waals surface area contributed by atoms with E-state index in [4.69, 9.17) is 14.2 Å². The maximum absolute atomic E-state index is 12.3. The molecule has 4 aliphatic rings. The van der Waals surface area contributed by atoms with Crippen LogP contribution in [0, 0.1) is 46.3 Å². The van der Waals surface area contributed by atoms with Gasteiger partial charge < -0.3 is 14.2 Å². The average Bonchev–Trinajstić information content (AvgIpc) is 3.16. The Balaban J connectivity index is 1.74. The van der Waals surface area contributed by atoms with Crippen LogP contribution in [0.4, 0.5) is 0 Å². The first-order valence-electron chi connectivity index (χ1n) is 13.5. The van der Waals surface area contributed by atoms with Gasteiger partial charge in [-0.25, -0.2) is 0 Å². The highest BCUT2D eigenvalue weighted by molar-refractivity contribution is 5.91. The fraction of sp³-hybridized carbons (Fsp3) is 0.793. The zero-order chi connectivity index (χ0) is 26.4. The topological polar surface area (TPSA) is 96.0 Å². The lowest BCUT2D eigenvalue weighted by atomic mass is 9.44. The third-order valence-electron chi connectivity index (χ3n) is 10.5. The minimum atomic E-state index is -0.293. The number of hydrogen-bond acceptors (Lipinski definition) is 7. The van der Waals surface area contributed by atoms with Crippen LogP contribution in [-0.2, 0) is 33.4 Å². The van der Waals surface area contributed by atoms with E-state index < -0.39 is 0 Å². The predicted molar refractivity (Wildman–Crippen MR) is 132 cm³/mol. The number of ether oxygens (including phenoxy) is 3. The molecule has 0 aromatic heterocycles. The van der Waals surface area contributed by atoms with Crippen molar-refractivity contribution in [2.45, 2.75) is 91.8 Å². The van der Waals surface area contributed by atoms with Crippen LogP contribution in [0.25, 0.3) is 0 Å². The van der Waals surface area contributed by atoms with E-state index in [1.54, 1.807) is 6.08 Å². The molecular formula is C29H42O7. The van der Waals surface area contributed by atoms with Gasteiger partial charge in [0.2, 0.25) is 0 Å². The summed E-state index contributed by atoms with van der Waals surface area (Å²) in [5.74, 6) is 0.429. The summed E-state index contributed by atoms with van der Waals surface area (Å²) in [6.07, 6.45) is 8.14. The van der Waals surface area contributed by atoms with Crippen molar-refractivity contribution in [1.29, 1.82) is 0 Å². The molecule has 0 spiro atoms. The Morgan fingerprint density at radius 3 is 2.39 bits per heavy atom. The van der Waals surface area contributed by atoms with Crippen LogP contribution in [0.15, 0.2) is 12.2 Å². The quantitative estimate of drug-likeness (QED) is 0.385. The average molecular weight is 503 g/mol. The Morgan fingerprint density at radius 2 is 1.75 bits per heavy atom. The molecule has 7 nitrogen and oxygen atoms in total. The first-order chi connectivity index (χ1) is 16.9. The second-order valence-electron chi connectivity index (χ2n) is 12.2. The normalized spacial score (nSPS) is 41.9. The lowest BCUT2D eigenvalue weighted by molar-refractivity contribution is -0.209. The number of allylic oxidation sites excluding steroid dienone is 2. The largest absolute Gasteiger partial charge is 0.469 e.